The maximum absolute atomic E-state index is 5.94. The van der Waals surface area contributed by atoms with E-state index in [0.29, 0.717) is 0 Å². The number of rotatable bonds is 3. The highest BCUT2D eigenvalue weighted by Crippen LogP contribution is 2.31. The molecule has 1 aliphatic carbocycles. The van der Waals surface area contributed by atoms with E-state index in [1.807, 2.05) is 6.07 Å². The third kappa shape index (κ3) is 2.69. The molecule has 0 aliphatic heterocycles. The van der Waals surface area contributed by atoms with Crippen molar-refractivity contribution in [1.29, 1.82) is 0 Å². The Morgan fingerprint density at radius 3 is 2.88 bits per heavy atom. The van der Waals surface area contributed by atoms with Crippen LogP contribution in [0.5, 0.6) is 0 Å². The van der Waals surface area contributed by atoms with Crippen LogP contribution in [0.1, 0.15) is 31.7 Å². The van der Waals surface area contributed by atoms with Gasteiger partial charge in [-0.1, -0.05) is 19.4 Å². The summed E-state index contributed by atoms with van der Waals surface area (Å²) in [7, 11) is 0. The molecule has 2 heteroatoms. The summed E-state index contributed by atoms with van der Waals surface area (Å²) in [5, 5.41) is 3.49. The molecule has 0 amide bonds. The molecule has 1 aromatic rings. The summed E-state index contributed by atoms with van der Waals surface area (Å²) in [6.07, 6.45) is 4.11. The fourth-order valence-electron chi connectivity index (χ4n) is 2.59. The number of nitrogen functional groups attached to an aromatic ring is 1. The van der Waals surface area contributed by atoms with Crippen molar-refractivity contribution in [2.45, 2.75) is 33.1 Å². The molecular weight excluding hydrogens is 196 g/mol. The molecule has 1 aromatic carbocycles. The number of nitrogens with two attached hydrogens (primary N) is 1. The van der Waals surface area contributed by atoms with E-state index in [1.165, 1.54) is 24.8 Å². The van der Waals surface area contributed by atoms with Crippen LogP contribution in [0.3, 0.4) is 0 Å². The zero-order chi connectivity index (χ0) is 11.5. The Labute approximate surface area is 98.2 Å². The lowest BCUT2D eigenvalue weighted by Crippen LogP contribution is -2.12. The van der Waals surface area contributed by atoms with Crippen molar-refractivity contribution < 1.29 is 0 Å². The Morgan fingerprint density at radius 2 is 2.19 bits per heavy atom. The first-order valence-corrected chi connectivity index (χ1v) is 6.25. The minimum Gasteiger partial charge on any atom is -0.397 e. The fourth-order valence-corrected chi connectivity index (χ4v) is 2.59. The van der Waals surface area contributed by atoms with Crippen molar-refractivity contribution in [1.82, 2.24) is 0 Å². The van der Waals surface area contributed by atoms with Crippen LogP contribution in [-0.4, -0.2) is 6.54 Å². The lowest BCUT2D eigenvalue weighted by atomic mass is 10.1. The molecule has 1 aliphatic rings. The molecule has 0 radical (unpaired) electrons. The molecule has 88 valence electrons. The largest absolute Gasteiger partial charge is 0.397 e. The summed E-state index contributed by atoms with van der Waals surface area (Å²) in [6, 6.07) is 6.17. The second kappa shape index (κ2) is 4.77. The molecule has 0 spiro atoms. The maximum Gasteiger partial charge on any atom is 0.0576 e. The summed E-state index contributed by atoms with van der Waals surface area (Å²) in [5.74, 6) is 1.73. The average Bonchev–Trinajstić information content (AvgIpc) is 2.66. The highest BCUT2D eigenvalue weighted by molar-refractivity contribution is 5.66. The number of hydrogen-bond acceptors (Lipinski definition) is 2. The Morgan fingerprint density at radius 1 is 1.38 bits per heavy atom. The van der Waals surface area contributed by atoms with Crippen LogP contribution in [0, 0.1) is 18.8 Å². The van der Waals surface area contributed by atoms with Crippen molar-refractivity contribution in [3.8, 4) is 0 Å². The molecule has 3 N–H and O–H groups in total. The molecule has 1 fully saturated rings. The van der Waals surface area contributed by atoms with Crippen LogP contribution < -0.4 is 11.1 Å². The van der Waals surface area contributed by atoms with Gasteiger partial charge in [-0.15, -0.1) is 0 Å². The van der Waals surface area contributed by atoms with Gasteiger partial charge >= 0.3 is 0 Å². The number of aryl methyl sites for hydroxylation is 1. The first-order valence-electron chi connectivity index (χ1n) is 6.25. The quantitative estimate of drug-likeness (QED) is 0.763. The molecule has 2 rings (SSSR count). The minimum atomic E-state index is 0.829. The standard InChI is InChI=1S/C14H22N2/c1-10-3-5-12(7-10)9-16-14-8-11(2)4-6-13(14)15/h4,6,8,10,12,16H,3,5,7,9,15H2,1-2H3. The number of benzene rings is 1. The van der Waals surface area contributed by atoms with Gasteiger partial charge in [0.2, 0.25) is 0 Å². The summed E-state index contributed by atoms with van der Waals surface area (Å²) >= 11 is 0. The Kier molecular flexibility index (Phi) is 3.37. The third-order valence-corrected chi connectivity index (χ3v) is 3.59. The zero-order valence-corrected chi connectivity index (χ0v) is 10.3. The monoisotopic (exact) mass is 218 g/mol. The normalized spacial score (nSPS) is 24.6. The van der Waals surface area contributed by atoms with E-state index in [2.05, 4.69) is 31.3 Å². The Bertz CT molecular complexity index is 360. The van der Waals surface area contributed by atoms with Crippen molar-refractivity contribution in [2.75, 3.05) is 17.6 Å². The van der Waals surface area contributed by atoms with Gasteiger partial charge in [-0.25, -0.2) is 0 Å². The van der Waals surface area contributed by atoms with Crippen LogP contribution in [0.15, 0.2) is 18.2 Å². The fraction of sp³-hybridized carbons (Fsp3) is 0.571. The molecule has 0 bridgehead atoms. The first-order chi connectivity index (χ1) is 7.65. The van der Waals surface area contributed by atoms with E-state index < -0.39 is 0 Å². The van der Waals surface area contributed by atoms with Gasteiger partial charge in [0.1, 0.15) is 0 Å². The van der Waals surface area contributed by atoms with Gasteiger partial charge in [0.05, 0.1) is 11.4 Å². The van der Waals surface area contributed by atoms with E-state index in [9.17, 15) is 0 Å². The summed E-state index contributed by atoms with van der Waals surface area (Å²) < 4.78 is 0. The van der Waals surface area contributed by atoms with Crippen molar-refractivity contribution in [3.63, 3.8) is 0 Å². The number of hydrogen-bond donors (Lipinski definition) is 2. The second-order valence-electron chi connectivity index (χ2n) is 5.26. The van der Waals surface area contributed by atoms with E-state index in [0.717, 1.165) is 29.8 Å². The Balaban J connectivity index is 1.91. The van der Waals surface area contributed by atoms with Crippen LogP contribution in [-0.2, 0) is 0 Å². The second-order valence-corrected chi connectivity index (χ2v) is 5.26. The van der Waals surface area contributed by atoms with E-state index in [-0.39, 0.29) is 0 Å². The molecule has 1 saturated carbocycles. The number of nitrogens with one attached hydrogen (secondary N) is 1. The predicted molar refractivity (Wildman–Crippen MR) is 70.6 cm³/mol. The molecule has 0 aromatic heterocycles. The lowest BCUT2D eigenvalue weighted by Gasteiger charge is -2.14. The summed E-state index contributed by atoms with van der Waals surface area (Å²) in [5.41, 5.74) is 9.15. The highest BCUT2D eigenvalue weighted by Gasteiger charge is 2.20. The van der Waals surface area contributed by atoms with Gasteiger partial charge < -0.3 is 11.1 Å². The smallest absolute Gasteiger partial charge is 0.0576 e. The van der Waals surface area contributed by atoms with Gasteiger partial charge in [0, 0.05) is 6.54 Å². The van der Waals surface area contributed by atoms with Crippen molar-refractivity contribution >= 4 is 11.4 Å². The van der Waals surface area contributed by atoms with Gasteiger partial charge in [-0.05, 0) is 49.3 Å². The van der Waals surface area contributed by atoms with Crippen molar-refractivity contribution in [2.24, 2.45) is 11.8 Å². The summed E-state index contributed by atoms with van der Waals surface area (Å²) in [6.45, 7) is 5.52. The molecule has 0 saturated heterocycles. The maximum atomic E-state index is 5.94. The van der Waals surface area contributed by atoms with Crippen LogP contribution in [0.25, 0.3) is 0 Å². The van der Waals surface area contributed by atoms with Crippen LogP contribution in [0.4, 0.5) is 11.4 Å². The highest BCUT2D eigenvalue weighted by atomic mass is 14.9. The SMILES string of the molecule is Cc1ccc(N)c(NCC2CCC(C)C2)c1. The van der Waals surface area contributed by atoms with Crippen LogP contribution in [0.2, 0.25) is 0 Å². The van der Waals surface area contributed by atoms with E-state index in [4.69, 9.17) is 5.73 Å². The average molecular weight is 218 g/mol. The van der Waals surface area contributed by atoms with E-state index >= 15 is 0 Å². The van der Waals surface area contributed by atoms with Gasteiger partial charge in [0.15, 0.2) is 0 Å². The third-order valence-electron chi connectivity index (χ3n) is 3.59. The molecular formula is C14H22N2. The summed E-state index contributed by atoms with van der Waals surface area (Å²) in [4.78, 5) is 0. The number of anilines is 2. The molecule has 2 unspecified atom stereocenters. The Hall–Kier alpha value is -1.18. The van der Waals surface area contributed by atoms with E-state index in [1.54, 1.807) is 0 Å². The zero-order valence-electron chi connectivity index (χ0n) is 10.3. The molecule has 2 atom stereocenters. The molecule has 16 heavy (non-hydrogen) atoms. The van der Waals surface area contributed by atoms with Gasteiger partial charge in [-0.2, -0.15) is 0 Å². The lowest BCUT2D eigenvalue weighted by molar-refractivity contribution is 0.537. The first kappa shape index (κ1) is 11.3. The minimum absolute atomic E-state index is 0.829. The predicted octanol–water partition coefficient (Wildman–Crippen LogP) is 3.43. The van der Waals surface area contributed by atoms with Crippen LogP contribution >= 0.6 is 0 Å². The topological polar surface area (TPSA) is 38.0 Å². The van der Waals surface area contributed by atoms with Crippen molar-refractivity contribution in [3.05, 3.63) is 23.8 Å². The molecule has 2 nitrogen and oxygen atoms in total. The molecule has 0 heterocycles. The van der Waals surface area contributed by atoms with Gasteiger partial charge in [-0.3, -0.25) is 0 Å². The van der Waals surface area contributed by atoms with Gasteiger partial charge in [0.25, 0.3) is 0 Å².